The van der Waals surface area contributed by atoms with Crippen molar-refractivity contribution in [1.82, 2.24) is 20.6 Å². The number of carbonyl (C=O) groups excluding carboxylic acids is 2. The van der Waals surface area contributed by atoms with Crippen molar-refractivity contribution in [2.24, 2.45) is 11.1 Å². The molecule has 5 heterocycles. The number of thiol groups is 1. The molecule has 3 aliphatic rings. The summed E-state index contributed by atoms with van der Waals surface area (Å²) in [4.78, 5) is 35.0. The average molecular weight is 511 g/mol. The summed E-state index contributed by atoms with van der Waals surface area (Å²) in [5.74, 6) is 1.62. The second-order valence-electron chi connectivity index (χ2n) is 9.67. The molecule has 0 radical (unpaired) electrons. The predicted molar refractivity (Wildman–Crippen MR) is 150 cm³/mol. The molecule has 3 aliphatic heterocycles. The fraction of sp³-hybridized carbons (Fsp3) is 0.519. The third-order valence-electron chi connectivity index (χ3n) is 7.85. The first-order valence-corrected chi connectivity index (χ1v) is 13.7. The Labute approximate surface area is 218 Å². The van der Waals surface area contributed by atoms with Crippen molar-refractivity contribution in [3.05, 3.63) is 35.5 Å². The van der Waals surface area contributed by atoms with E-state index in [9.17, 15) is 9.59 Å². The third-order valence-corrected chi connectivity index (χ3v) is 7.85. The van der Waals surface area contributed by atoms with Gasteiger partial charge < -0.3 is 26.3 Å². The first-order chi connectivity index (χ1) is 17.7. The second-order valence-corrected chi connectivity index (χ2v) is 9.67. The number of hydrogen-bond acceptors (Lipinski definition) is 7. The summed E-state index contributed by atoms with van der Waals surface area (Å²) in [6.45, 7) is 4.42. The molecule has 0 bridgehead atoms. The number of hydrogen-bond donors (Lipinski definition) is 5. The van der Waals surface area contributed by atoms with Crippen molar-refractivity contribution in [3.63, 3.8) is 0 Å². The Morgan fingerprint density at radius 2 is 1.94 bits per heavy atom. The Kier molecular flexibility index (Phi) is 8.54. The SMILES string of the molecule is CN.CS.O=Cc1cnc(N2CCCC3(CCNC3=O)C2)c2c1[nH]c1ccc(C3CCNCC3)cc12. The van der Waals surface area contributed by atoms with E-state index in [0.717, 1.165) is 92.2 Å². The van der Waals surface area contributed by atoms with Crippen LogP contribution in [0.25, 0.3) is 21.8 Å². The molecule has 3 fully saturated rings. The number of anilines is 1. The molecule has 194 valence electrons. The number of benzene rings is 1. The van der Waals surface area contributed by atoms with Crippen molar-refractivity contribution in [2.45, 2.75) is 38.0 Å². The van der Waals surface area contributed by atoms with Gasteiger partial charge in [0.25, 0.3) is 0 Å². The lowest BCUT2D eigenvalue weighted by atomic mass is 9.78. The highest BCUT2D eigenvalue weighted by molar-refractivity contribution is 7.79. The Morgan fingerprint density at radius 3 is 2.64 bits per heavy atom. The number of carbonyl (C=O) groups is 2. The van der Waals surface area contributed by atoms with Crippen LogP contribution < -0.4 is 21.3 Å². The van der Waals surface area contributed by atoms with Gasteiger partial charge in [0.15, 0.2) is 6.29 Å². The summed E-state index contributed by atoms with van der Waals surface area (Å²) in [7, 11) is 1.50. The van der Waals surface area contributed by atoms with Crippen LogP contribution in [-0.4, -0.2) is 68.2 Å². The van der Waals surface area contributed by atoms with Crippen LogP contribution in [0.2, 0.25) is 0 Å². The number of nitrogens with one attached hydrogen (secondary N) is 3. The smallest absolute Gasteiger partial charge is 0.228 e. The number of fused-ring (bicyclic) bond motifs is 3. The summed E-state index contributed by atoms with van der Waals surface area (Å²) in [6.07, 6.45) is 9.30. The molecule has 1 amide bonds. The number of aromatic amines is 1. The maximum Gasteiger partial charge on any atom is 0.228 e. The highest BCUT2D eigenvalue weighted by atomic mass is 32.1. The summed E-state index contributed by atoms with van der Waals surface area (Å²) >= 11 is 3.53. The topological polar surface area (TPSA) is 116 Å². The van der Waals surface area contributed by atoms with Crippen LogP contribution in [0.1, 0.15) is 53.9 Å². The lowest BCUT2D eigenvalue weighted by molar-refractivity contribution is -0.128. The van der Waals surface area contributed by atoms with E-state index in [0.29, 0.717) is 18.0 Å². The van der Waals surface area contributed by atoms with Crippen molar-refractivity contribution in [3.8, 4) is 0 Å². The van der Waals surface area contributed by atoms with Crippen LogP contribution >= 0.6 is 12.6 Å². The molecule has 1 aromatic carbocycles. The van der Waals surface area contributed by atoms with Gasteiger partial charge in [-0.3, -0.25) is 9.59 Å². The molecule has 1 atom stereocenters. The number of H-pyrrole nitrogens is 1. The zero-order valence-electron chi connectivity index (χ0n) is 21.3. The van der Waals surface area contributed by atoms with Gasteiger partial charge in [0.1, 0.15) is 5.82 Å². The number of piperidine rings is 2. The molecule has 9 heteroatoms. The molecule has 5 N–H and O–H groups in total. The zero-order chi connectivity index (χ0) is 25.7. The Bertz CT molecular complexity index is 1220. The number of amides is 1. The number of nitrogens with zero attached hydrogens (tertiary/aromatic N) is 2. The van der Waals surface area contributed by atoms with Crippen LogP contribution in [-0.2, 0) is 4.79 Å². The van der Waals surface area contributed by atoms with Gasteiger partial charge in [-0.1, -0.05) is 6.07 Å². The molecule has 1 spiro atoms. The highest BCUT2D eigenvalue weighted by Gasteiger charge is 2.45. The van der Waals surface area contributed by atoms with E-state index in [-0.39, 0.29) is 11.3 Å². The Balaban J connectivity index is 0.000000726. The van der Waals surface area contributed by atoms with Crippen molar-refractivity contribution >= 4 is 52.4 Å². The van der Waals surface area contributed by atoms with Gasteiger partial charge in [-0.25, -0.2) is 4.98 Å². The molecule has 36 heavy (non-hydrogen) atoms. The lowest BCUT2D eigenvalue weighted by Gasteiger charge is -2.39. The van der Waals surface area contributed by atoms with Crippen LogP contribution in [0.4, 0.5) is 5.82 Å². The number of aldehydes is 1. The van der Waals surface area contributed by atoms with Gasteiger partial charge in [0.05, 0.1) is 21.9 Å². The molecule has 3 saturated heterocycles. The van der Waals surface area contributed by atoms with E-state index in [1.807, 2.05) is 0 Å². The Hall–Kier alpha value is -2.62. The minimum Gasteiger partial charge on any atom is -0.356 e. The molecular formula is C27H38N6O2S. The van der Waals surface area contributed by atoms with E-state index in [4.69, 9.17) is 4.98 Å². The van der Waals surface area contributed by atoms with Gasteiger partial charge >= 0.3 is 0 Å². The lowest BCUT2D eigenvalue weighted by Crippen LogP contribution is -2.47. The molecule has 6 rings (SSSR count). The summed E-state index contributed by atoms with van der Waals surface area (Å²) in [6, 6.07) is 6.67. The number of pyridine rings is 1. The van der Waals surface area contributed by atoms with E-state index in [2.05, 4.69) is 57.1 Å². The van der Waals surface area contributed by atoms with Crippen molar-refractivity contribution in [2.75, 3.05) is 50.9 Å². The maximum atomic E-state index is 12.7. The van der Waals surface area contributed by atoms with Gasteiger partial charge in [-0.05, 0) is 82.1 Å². The van der Waals surface area contributed by atoms with Crippen LogP contribution in [0.3, 0.4) is 0 Å². The molecule has 8 nitrogen and oxygen atoms in total. The largest absolute Gasteiger partial charge is 0.356 e. The van der Waals surface area contributed by atoms with Crippen molar-refractivity contribution in [1.29, 1.82) is 0 Å². The number of nitrogens with two attached hydrogens (primary N) is 1. The molecule has 0 aliphatic carbocycles. The van der Waals surface area contributed by atoms with E-state index >= 15 is 0 Å². The molecule has 3 aromatic rings. The number of rotatable bonds is 3. The van der Waals surface area contributed by atoms with Crippen LogP contribution in [0.15, 0.2) is 24.4 Å². The average Bonchev–Trinajstić information content (AvgIpc) is 3.50. The van der Waals surface area contributed by atoms with Crippen LogP contribution in [0, 0.1) is 5.41 Å². The fourth-order valence-corrected chi connectivity index (χ4v) is 6.07. The first kappa shape index (κ1) is 26.4. The number of aromatic nitrogens is 2. The standard InChI is InChI=1S/C25H29N5O2.CH5N.CH4S/c31-14-18-13-28-23(30-11-1-6-25(15-30)7-10-27-24(25)32)21-19-12-17(16-4-8-26-9-5-16)2-3-20(19)29-22(18)21;2*1-2/h2-3,12-14,16,26,29H,1,4-11,15H2,(H,27,32);2H2,1H3;2H,1H3. The quantitative estimate of drug-likeness (QED) is 0.273. The second kappa shape index (κ2) is 11.6. The normalized spacial score (nSPS) is 22.1. The van der Waals surface area contributed by atoms with Gasteiger partial charge in [-0.15, -0.1) is 0 Å². The first-order valence-electron chi connectivity index (χ1n) is 12.8. The molecule has 1 unspecified atom stereocenters. The van der Waals surface area contributed by atoms with E-state index < -0.39 is 0 Å². The minimum atomic E-state index is -0.318. The van der Waals surface area contributed by atoms with E-state index in [1.165, 1.54) is 12.6 Å². The van der Waals surface area contributed by atoms with Gasteiger partial charge in [0.2, 0.25) is 5.91 Å². The van der Waals surface area contributed by atoms with Crippen LogP contribution in [0.5, 0.6) is 0 Å². The molecule has 0 saturated carbocycles. The Morgan fingerprint density at radius 1 is 1.17 bits per heavy atom. The van der Waals surface area contributed by atoms with Crippen molar-refractivity contribution < 1.29 is 9.59 Å². The third kappa shape index (κ3) is 4.71. The maximum absolute atomic E-state index is 12.7. The summed E-state index contributed by atoms with van der Waals surface area (Å²) in [5, 5.41) is 8.61. The minimum absolute atomic E-state index is 0.176. The van der Waals surface area contributed by atoms with Gasteiger partial charge in [-0.2, -0.15) is 12.6 Å². The zero-order valence-corrected chi connectivity index (χ0v) is 22.2. The van der Waals surface area contributed by atoms with Gasteiger partial charge in [0, 0.05) is 36.7 Å². The summed E-state index contributed by atoms with van der Waals surface area (Å²) in [5.41, 5.74) is 7.99. The predicted octanol–water partition coefficient (Wildman–Crippen LogP) is 3.22. The fourth-order valence-electron chi connectivity index (χ4n) is 6.07. The van der Waals surface area contributed by atoms with E-state index in [1.54, 1.807) is 12.5 Å². The highest BCUT2D eigenvalue weighted by Crippen LogP contribution is 2.41. The molecule has 2 aromatic heterocycles. The summed E-state index contributed by atoms with van der Waals surface area (Å²) < 4.78 is 0. The molecular weight excluding hydrogens is 472 g/mol. The monoisotopic (exact) mass is 510 g/mol.